The predicted octanol–water partition coefficient (Wildman–Crippen LogP) is 3.21. The van der Waals surface area contributed by atoms with E-state index in [-0.39, 0.29) is 11.7 Å². The Kier molecular flexibility index (Phi) is 5.03. The molecule has 1 aromatic heterocycles. The number of benzene rings is 1. The fourth-order valence-corrected chi connectivity index (χ4v) is 1.74. The largest absolute Gasteiger partial charge is 0.489 e. The Bertz CT molecular complexity index is 643. The highest BCUT2D eigenvalue weighted by Gasteiger charge is 2.03. The van der Waals surface area contributed by atoms with Gasteiger partial charge in [0.05, 0.1) is 12.1 Å². The van der Waals surface area contributed by atoms with Crippen LogP contribution in [0.5, 0.6) is 5.75 Å². The number of nitrogens with zero attached hydrogens (tertiary/aromatic N) is 2. The number of hydrogen-bond donors (Lipinski definition) is 0. The molecule has 0 unspecified atom stereocenters. The lowest BCUT2D eigenvalue weighted by molar-refractivity contribution is 0.304. The van der Waals surface area contributed by atoms with Crippen LogP contribution in [-0.2, 0) is 13.2 Å². The maximum absolute atomic E-state index is 13.4. The summed E-state index contributed by atoms with van der Waals surface area (Å²) in [7, 11) is 0. The maximum atomic E-state index is 13.4. The second kappa shape index (κ2) is 6.97. The number of alkyl halides is 1. The van der Waals surface area contributed by atoms with Crippen LogP contribution in [0.2, 0.25) is 0 Å². The summed E-state index contributed by atoms with van der Waals surface area (Å²) in [5.74, 6) is 5.72. The molecule has 0 saturated carbocycles. The molecule has 0 atom stereocenters. The van der Waals surface area contributed by atoms with E-state index in [2.05, 4.69) is 16.9 Å². The molecule has 1 aromatic carbocycles. The topological polar surface area (TPSA) is 27.1 Å². The van der Waals surface area contributed by atoms with Crippen LogP contribution in [0.3, 0.4) is 0 Å². The van der Waals surface area contributed by atoms with Crippen LogP contribution in [0.4, 0.5) is 4.39 Å². The number of halogens is 2. The Morgan fingerprint density at radius 1 is 1.40 bits per heavy atom. The van der Waals surface area contributed by atoms with Crippen molar-refractivity contribution in [2.45, 2.75) is 20.1 Å². The van der Waals surface area contributed by atoms with E-state index in [4.69, 9.17) is 16.3 Å². The van der Waals surface area contributed by atoms with Crippen LogP contribution >= 0.6 is 11.6 Å². The highest BCUT2D eigenvalue weighted by Crippen LogP contribution is 2.17. The zero-order chi connectivity index (χ0) is 14.4. The van der Waals surface area contributed by atoms with Crippen molar-refractivity contribution in [1.82, 2.24) is 9.78 Å². The molecule has 0 radical (unpaired) electrons. The minimum Gasteiger partial charge on any atom is -0.489 e. The van der Waals surface area contributed by atoms with Gasteiger partial charge in [0.2, 0.25) is 0 Å². The smallest absolute Gasteiger partial charge is 0.128 e. The number of aryl methyl sites for hydroxylation is 1. The SMILES string of the molecule is CCn1cc(COc2cc(F)cc(C#CCCl)c2)cn1. The van der Waals surface area contributed by atoms with Gasteiger partial charge in [-0.2, -0.15) is 5.10 Å². The van der Waals surface area contributed by atoms with E-state index in [9.17, 15) is 4.39 Å². The summed E-state index contributed by atoms with van der Waals surface area (Å²) in [5, 5.41) is 4.15. The zero-order valence-electron chi connectivity index (χ0n) is 11.1. The van der Waals surface area contributed by atoms with Gasteiger partial charge in [-0.05, 0) is 19.1 Å². The Morgan fingerprint density at radius 3 is 2.95 bits per heavy atom. The molecule has 1 heterocycles. The molecule has 0 aliphatic carbocycles. The second-order valence-electron chi connectivity index (χ2n) is 4.10. The summed E-state index contributed by atoms with van der Waals surface area (Å²) in [6.07, 6.45) is 3.63. The Labute approximate surface area is 122 Å². The van der Waals surface area contributed by atoms with E-state index in [0.717, 1.165) is 12.1 Å². The van der Waals surface area contributed by atoms with Crippen molar-refractivity contribution in [3.05, 3.63) is 47.5 Å². The lowest BCUT2D eigenvalue weighted by Crippen LogP contribution is -1.96. The molecule has 0 bridgehead atoms. The van der Waals surface area contributed by atoms with Gasteiger partial charge >= 0.3 is 0 Å². The fourth-order valence-electron chi connectivity index (χ4n) is 1.67. The van der Waals surface area contributed by atoms with Crippen LogP contribution in [0.25, 0.3) is 0 Å². The van der Waals surface area contributed by atoms with Crippen molar-refractivity contribution in [3.63, 3.8) is 0 Å². The number of ether oxygens (including phenoxy) is 1. The van der Waals surface area contributed by atoms with Crippen LogP contribution in [-0.4, -0.2) is 15.7 Å². The summed E-state index contributed by atoms with van der Waals surface area (Å²) in [6.45, 7) is 3.15. The van der Waals surface area contributed by atoms with E-state index in [1.807, 2.05) is 17.8 Å². The monoisotopic (exact) mass is 292 g/mol. The molecule has 20 heavy (non-hydrogen) atoms. The van der Waals surface area contributed by atoms with E-state index in [0.29, 0.717) is 17.9 Å². The minimum absolute atomic E-state index is 0.211. The highest BCUT2D eigenvalue weighted by molar-refractivity contribution is 6.19. The molecule has 0 spiro atoms. The third-order valence-electron chi connectivity index (χ3n) is 2.59. The lowest BCUT2D eigenvalue weighted by Gasteiger charge is -2.05. The van der Waals surface area contributed by atoms with Crippen LogP contribution in [0.15, 0.2) is 30.6 Å². The Morgan fingerprint density at radius 2 is 2.25 bits per heavy atom. The van der Waals surface area contributed by atoms with Gasteiger partial charge in [-0.25, -0.2) is 4.39 Å². The van der Waals surface area contributed by atoms with Crippen molar-refractivity contribution in [1.29, 1.82) is 0 Å². The average Bonchev–Trinajstić information content (AvgIpc) is 2.90. The minimum atomic E-state index is -0.384. The predicted molar refractivity (Wildman–Crippen MR) is 76.2 cm³/mol. The number of rotatable bonds is 4. The summed E-state index contributed by atoms with van der Waals surface area (Å²) in [4.78, 5) is 0. The number of aromatic nitrogens is 2. The first-order valence-corrected chi connectivity index (χ1v) is 6.74. The molecular formula is C15H14ClFN2O. The van der Waals surface area contributed by atoms with Gasteiger partial charge < -0.3 is 4.74 Å². The van der Waals surface area contributed by atoms with Gasteiger partial charge in [-0.3, -0.25) is 4.68 Å². The number of hydrogen-bond acceptors (Lipinski definition) is 2. The van der Waals surface area contributed by atoms with Crippen molar-refractivity contribution in [3.8, 4) is 17.6 Å². The quantitative estimate of drug-likeness (QED) is 0.639. The van der Waals surface area contributed by atoms with Crippen molar-refractivity contribution < 1.29 is 9.13 Å². The van der Waals surface area contributed by atoms with E-state index in [1.165, 1.54) is 12.1 Å². The average molecular weight is 293 g/mol. The molecule has 0 saturated heterocycles. The van der Waals surface area contributed by atoms with Crippen LogP contribution < -0.4 is 4.74 Å². The summed E-state index contributed by atoms with van der Waals surface area (Å²) in [5.41, 5.74) is 1.48. The molecule has 0 aliphatic rings. The molecule has 0 aliphatic heterocycles. The molecule has 0 amide bonds. The van der Waals surface area contributed by atoms with Crippen molar-refractivity contribution in [2.24, 2.45) is 0 Å². The van der Waals surface area contributed by atoms with E-state index in [1.54, 1.807) is 12.3 Å². The van der Waals surface area contributed by atoms with Gasteiger partial charge in [-0.1, -0.05) is 11.8 Å². The normalized spacial score (nSPS) is 9.95. The standard InChI is InChI=1S/C15H14ClFN2O/c1-2-19-10-13(9-18-19)11-20-15-7-12(4-3-5-16)6-14(17)8-15/h6-10H,2,5,11H2,1H3. The molecule has 2 aromatic rings. The molecule has 5 heteroatoms. The first-order valence-electron chi connectivity index (χ1n) is 6.21. The van der Waals surface area contributed by atoms with Gasteiger partial charge in [0.1, 0.15) is 18.2 Å². The molecule has 3 nitrogen and oxygen atoms in total. The van der Waals surface area contributed by atoms with Crippen molar-refractivity contribution >= 4 is 11.6 Å². The van der Waals surface area contributed by atoms with Gasteiger partial charge in [0.15, 0.2) is 0 Å². The molecule has 2 rings (SSSR count). The maximum Gasteiger partial charge on any atom is 0.128 e. The fraction of sp³-hybridized carbons (Fsp3) is 0.267. The highest BCUT2D eigenvalue weighted by atomic mass is 35.5. The van der Waals surface area contributed by atoms with Gasteiger partial charge in [0.25, 0.3) is 0 Å². The Hall–Kier alpha value is -1.99. The summed E-state index contributed by atoms with van der Waals surface area (Å²) in [6, 6.07) is 4.37. The zero-order valence-corrected chi connectivity index (χ0v) is 11.8. The summed E-state index contributed by atoms with van der Waals surface area (Å²) < 4.78 is 20.8. The van der Waals surface area contributed by atoms with E-state index >= 15 is 0 Å². The van der Waals surface area contributed by atoms with Gasteiger partial charge in [0, 0.05) is 29.9 Å². The second-order valence-corrected chi connectivity index (χ2v) is 4.37. The first-order chi connectivity index (χ1) is 9.71. The Balaban J connectivity index is 2.07. The third kappa shape index (κ3) is 4.01. The first kappa shape index (κ1) is 14.4. The van der Waals surface area contributed by atoms with Gasteiger partial charge in [-0.15, -0.1) is 11.6 Å². The van der Waals surface area contributed by atoms with E-state index < -0.39 is 0 Å². The molecule has 104 valence electrons. The molecular weight excluding hydrogens is 279 g/mol. The molecule has 0 N–H and O–H groups in total. The molecule has 0 fully saturated rings. The van der Waals surface area contributed by atoms with Crippen LogP contribution in [0, 0.1) is 17.7 Å². The lowest BCUT2D eigenvalue weighted by atomic mass is 10.2. The third-order valence-corrected chi connectivity index (χ3v) is 2.72. The van der Waals surface area contributed by atoms with Crippen LogP contribution in [0.1, 0.15) is 18.1 Å². The summed E-state index contributed by atoms with van der Waals surface area (Å²) >= 11 is 5.48. The van der Waals surface area contributed by atoms with Crippen molar-refractivity contribution in [2.75, 3.05) is 5.88 Å².